The van der Waals surface area contributed by atoms with Crippen molar-refractivity contribution in [2.45, 2.75) is 13.3 Å². The van der Waals surface area contributed by atoms with Gasteiger partial charge >= 0.3 is 0 Å². The number of methoxy groups -OCH3 is 5. The zero-order chi connectivity index (χ0) is 53.2. The first-order valence-corrected chi connectivity index (χ1v) is 23.5. The lowest BCUT2D eigenvalue weighted by Crippen LogP contribution is -2.54. The number of nitrogens with zero attached hydrogens (tertiary/aromatic N) is 1. The van der Waals surface area contributed by atoms with Crippen LogP contribution >= 0.6 is 36.7 Å². The third-order valence-electron chi connectivity index (χ3n) is 11.5. The van der Waals surface area contributed by atoms with Gasteiger partial charge < -0.3 is 23.7 Å². The van der Waals surface area contributed by atoms with Crippen LogP contribution in [0.15, 0.2) is 126 Å². The second kappa shape index (κ2) is 23.6. The van der Waals surface area contributed by atoms with Gasteiger partial charge in [0.25, 0.3) is 35.4 Å². The van der Waals surface area contributed by atoms with Crippen molar-refractivity contribution in [2.24, 2.45) is 0 Å². The Kier molecular flexibility index (Phi) is 16.9. The molecule has 74 heavy (non-hydrogen) atoms. The van der Waals surface area contributed by atoms with Gasteiger partial charge in [-0.2, -0.15) is 0 Å². The van der Waals surface area contributed by atoms with E-state index in [1.165, 1.54) is 25.2 Å². The summed E-state index contributed by atoms with van der Waals surface area (Å²) in [4.78, 5) is 74.9. The Labute approximate surface area is 440 Å². The number of thiocarbonyl (C=S) groups is 3. The van der Waals surface area contributed by atoms with Gasteiger partial charge in [0.05, 0.1) is 41.2 Å². The van der Waals surface area contributed by atoms with Gasteiger partial charge in [-0.3, -0.25) is 60.3 Å². The maximum atomic E-state index is 13.3. The number of ether oxygens (including phenoxy) is 5. The highest BCUT2D eigenvalue weighted by molar-refractivity contribution is 7.81. The predicted molar refractivity (Wildman–Crippen MR) is 293 cm³/mol. The number of fused-ring (bicyclic) bond motifs is 2. The van der Waals surface area contributed by atoms with Crippen LogP contribution in [0.4, 0.5) is 5.69 Å². The van der Waals surface area contributed by atoms with E-state index in [0.717, 1.165) is 33.5 Å². The molecule has 0 atom stereocenters. The Morgan fingerprint density at radius 1 is 0.473 bits per heavy atom. The fraction of sp³-hybridized carbons (Fsp3) is 0.130. The van der Waals surface area contributed by atoms with E-state index >= 15 is 0 Å². The second-order valence-corrected chi connectivity index (χ2v) is 17.0. The van der Waals surface area contributed by atoms with Crippen LogP contribution in [0.25, 0.3) is 39.8 Å². The first-order chi connectivity index (χ1) is 35.6. The van der Waals surface area contributed by atoms with Crippen LogP contribution in [0.2, 0.25) is 0 Å². The zero-order valence-electron chi connectivity index (χ0n) is 40.5. The largest absolute Gasteiger partial charge is 0.497 e. The lowest BCUT2D eigenvalue weighted by atomic mass is 9.95. The summed E-state index contributed by atoms with van der Waals surface area (Å²) in [7, 11) is 7.71. The van der Waals surface area contributed by atoms with Gasteiger partial charge in [-0.15, -0.1) is 0 Å². The number of carbonyl (C=O) groups excluding carboxylic acids is 6. The Bertz CT molecular complexity index is 3380. The van der Waals surface area contributed by atoms with Crippen molar-refractivity contribution in [3.8, 4) is 28.7 Å². The Morgan fingerprint density at radius 2 is 0.973 bits per heavy atom. The predicted octanol–water partition coefficient (Wildman–Crippen LogP) is 6.63. The van der Waals surface area contributed by atoms with Gasteiger partial charge in [-0.25, -0.2) is 0 Å². The van der Waals surface area contributed by atoms with Gasteiger partial charge in [-0.1, -0.05) is 61.5 Å². The zero-order valence-corrected chi connectivity index (χ0v) is 42.9. The number of hydrogen-bond acceptors (Lipinski definition) is 14. The number of amides is 6. The van der Waals surface area contributed by atoms with Gasteiger partial charge in [0, 0.05) is 22.8 Å². The molecule has 6 amide bonds. The van der Waals surface area contributed by atoms with Crippen molar-refractivity contribution in [1.82, 2.24) is 26.6 Å². The summed E-state index contributed by atoms with van der Waals surface area (Å²) in [6, 6.07) is 33.1. The quantitative estimate of drug-likeness (QED) is 0.0554. The van der Waals surface area contributed by atoms with Crippen molar-refractivity contribution in [3.05, 3.63) is 148 Å². The summed E-state index contributed by atoms with van der Waals surface area (Å²) >= 11 is 14.8. The number of benzene rings is 6. The van der Waals surface area contributed by atoms with Gasteiger partial charge in [0.1, 0.15) is 45.5 Å². The minimum atomic E-state index is -0.551. The smallest absolute Gasteiger partial charge is 0.270 e. The topological polar surface area (TPSA) is 212 Å². The molecule has 5 N–H and O–H groups in total. The van der Waals surface area contributed by atoms with Crippen LogP contribution in [-0.4, -0.2) is 86.3 Å². The Hall–Kier alpha value is -8.85. The summed E-state index contributed by atoms with van der Waals surface area (Å²) in [5.41, 5.74) is 3.52. The van der Waals surface area contributed by atoms with Crippen molar-refractivity contribution in [1.29, 1.82) is 0 Å². The Morgan fingerprint density at radius 3 is 1.54 bits per heavy atom. The highest BCUT2D eigenvalue weighted by Gasteiger charge is 2.35. The molecular formula is C54H46N6O11S3. The SMILES string of the molecule is CCc1cc(OC)c(C=C2C(=O)NC(=S)NC2=O)c2ccccc12.COc1ccc(C=C2C(=O)NC(=S)NC2=O)c(OC)c1.COc1ccc(N2C(=O)/C(=C\c3c(OC)ccc4ccccc34)C(=O)NC2=S)cc1. The number of aryl methyl sites for hydroxylation is 1. The van der Waals surface area contributed by atoms with E-state index in [1.54, 1.807) is 75.9 Å². The number of nitrogens with one attached hydrogen (secondary N) is 5. The van der Waals surface area contributed by atoms with E-state index in [-0.39, 0.29) is 32.1 Å². The molecule has 9 rings (SSSR count). The van der Waals surface area contributed by atoms with E-state index in [4.69, 9.17) is 60.3 Å². The molecule has 0 spiro atoms. The van der Waals surface area contributed by atoms with Crippen molar-refractivity contribution >= 4 is 133 Å². The molecule has 3 aliphatic rings. The average Bonchev–Trinajstić information content (AvgIpc) is 3.39. The van der Waals surface area contributed by atoms with Crippen molar-refractivity contribution in [2.75, 3.05) is 40.4 Å². The maximum Gasteiger partial charge on any atom is 0.270 e. The molecule has 20 heteroatoms. The molecule has 0 aliphatic carbocycles. The second-order valence-electron chi connectivity index (χ2n) is 15.8. The molecule has 17 nitrogen and oxygen atoms in total. The van der Waals surface area contributed by atoms with Crippen LogP contribution in [0, 0.1) is 0 Å². The molecule has 3 saturated heterocycles. The minimum Gasteiger partial charge on any atom is -0.497 e. The molecule has 0 unspecified atom stereocenters. The van der Waals surface area contributed by atoms with Crippen molar-refractivity contribution < 1.29 is 52.5 Å². The molecule has 6 aromatic rings. The molecule has 0 aromatic heterocycles. The summed E-state index contributed by atoms with van der Waals surface area (Å²) in [5, 5.41) is 16.1. The number of rotatable bonds is 10. The summed E-state index contributed by atoms with van der Waals surface area (Å²) in [6.45, 7) is 2.07. The van der Waals surface area contributed by atoms with E-state index in [0.29, 0.717) is 51.1 Å². The molecule has 3 heterocycles. The third-order valence-corrected chi connectivity index (χ3v) is 12.2. The minimum absolute atomic E-state index is 0.00107. The van der Waals surface area contributed by atoms with E-state index in [9.17, 15) is 28.8 Å². The van der Waals surface area contributed by atoms with Gasteiger partial charge in [0.15, 0.2) is 15.3 Å². The van der Waals surface area contributed by atoms with Crippen LogP contribution in [-0.2, 0) is 35.2 Å². The molecule has 0 saturated carbocycles. The molecular weight excluding hydrogens is 1000 g/mol. The molecule has 0 radical (unpaired) electrons. The van der Waals surface area contributed by atoms with E-state index < -0.39 is 35.4 Å². The fourth-order valence-corrected chi connectivity index (χ4v) is 8.53. The van der Waals surface area contributed by atoms with Crippen LogP contribution < -0.4 is 55.2 Å². The molecule has 3 fully saturated rings. The number of carbonyl (C=O) groups is 6. The lowest BCUT2D eigenvalue weighted by Gasteiger charge is -2.29. The molecule has 376 valence electrons. The number of hydrogen-bond donors (Lipinski definition) is 5. The van der Waals surface area contributed by atoms with Gasteiger partial charge in [-0.05, 0) is 137 Å². The van der Waals surface area contributed by atoms with Gasteiger partial charge in [0.2, 0.25) is 0 Å². The fourth-order valence-electron chi connectivity index (χ4n) is 7.88. The van der Waals surface area contributed by atoms with Crippen LogP contribution in [0.1, 0.15) is 29.2 Å². The van der Waals surface area contributed by atoms with E-state index in [2.05, 4.69) is 33.5 Å². The van der Waals surface area contributed by atoms with Crippen LogP contribution in [0.5, 0.6) is 28.7 Å². The van der Waals surface area contributed by atoms with Crippen LogP contribution in [0.3, 0.4) is 0 Å². The maximum absolute atomic E-state index is 13.3. The summed E-state index contributed by atoms with van der Waals surface area (Å²) < 4.78 is 26.4. The Balaban J connectivity index is 0.000000166. The van der Waals surface area contributed by atoms with E-state index in [1.807, 2.05) is 66.7 Å². The lowest BCUT2D eigenvalue weighted by molar-refractivity contribution is -0.124. The summed E-state index contributed by atoms with van der Waals surface area (Å²) in [5.74, 6) is -0.258. The number of anilines is 1. The third kappa shape index (κ3) is 11.6. The molecule has 3 aliphatic heterocycles. The average molecular weight is 1050 g/mol. The van der Waals surface area contributed by atoms with Crippen molar-refractivity contribution in [3.63, 3.8) is 0 Å². The molecule has 6 aromatic carbocycles. The normalized spacial score (nSPS) is 14.9. The summed E-state index contributed by atoms with van der Waals surface area (Å²) in [6.07, 6.45) is 5.39. The first-order valence-electron chi connectivity index (χ1n) is 22.3. The highest BCUT2D eigenvalue weighted by Crippen LogP contribution is 2.35. The monoisotopic (exact) mass is 1050 g/mol. The first kappa shape index (κ1) is 53.0. The highest BCUT2D eigenvalue weighted by atomic mass is 32.1. The standard InChI is InChI=1S/C23H18N2O4S.C18H16N2O3S.C13H12N2O4S/c1-28-16-10-8-15(9-11-16)25-22(27)19(21(26)24-23(25)30)13-18-17-6-4-3-5-14(17)7-12-20(18)29-2;1-3-10-8-15(23-2)13(12-7-5-4-6-11(10)12)9-14-16(21)19-18(24)20-17(14)22;1-18-8-4-3-7(10(6-8)19-2)5-9-11(16)14-13(20)15-12(9)17/h3-13H,1-2H3,(H,24,26,30);4-9H,3H2,1-2H3,(H2,19,20,21,22,24);3-6H,1-2H3,(H2,14,15,16,17,20)/b19-13-;;. The molecule has 0 bridgehead atoms.